The van der Waals surface area contributed by atoms with Crippen LogP contribution in [-0.4, -0.2) is 43.4 Å². The van der Waals surface area contributed by atoms with E-state index in [4.69, 9.17) is 0 Å². The maximum atomic E-state index is 12.2. The topological polar surface area (TPSA) is 116 Å². The Bertz CT molecular complexity index is 797. The van der Waals surface area contributed by atoms with E-state index in [-0.39, 0.29) is 17.3 Å². The Hall–Kier alpha value is -2.23. The van der Waals surface area contributed by atoms with Gasteiger partial charge in [0.2, 0.25) is 10.0 Å². The van der Waals surface area contributed by atoms with Crippen LogP contribution in [0.4, 0.5) is 0 Å². The lowest BCUT2D eigenvalue weighted by molar-refractivity contribution is 0.0950. The van der Waals surface area contributed by atoms with Crippen molar-refractivity contribution < 1.29 is 13.2 Å². The van der Waals surface area contributed by atoms with E-state index in [1.165, 1.54) is 24.3 Å². The molecule has 2 heterocycles. The molecule has 1 aromatic heterocycles. The Morgan fingerprint density at radius 2 is 2.08 bits per heavy atom. The molecule has 0 spiro atoms. The second-order valence-electron chi connectivity index (χ2n) is 5.89. The van der Waals surface area contributed by atoms with Crippen molar-refractivity contribution in [3.8, 4) is 0 Å². The van der Waals surface area contributed by atoms with Crippen LogP contribution in [0.25, 0.3) is 0 Å². The number of hydrogen-bond donors (Lipinski definition) is 4. The van der Waals surface area contributed by atoms with E-state index in [0.29, 0.717) is 24.0 Å². The fraction of sp³-hybridized carbons (Fsp3) is 0.375. The van der Waals surface area contributed by atoms with Gasteiger partial charge in [-0.25, -0.2) is 18.1 Å². The van der Waals surface area contributed by atoms with Crippen LogP contribution in [0.15, 0.2) is 41.6 Å². The van der Waals surface area contributed by atoms with Crippen LogP contribution in [-0.2, 0) is 16.6 Å². The van der Waals surface area contributed by atoms with Crippen molar-refractivity contribution in [1.29, 1.82) is 0 Å². The molecule has 4 N–H and O–H groups in total. The largest absolute Gasteiger partial charge is 0.350 e. The van der Waals surface area contributed by atoms with Gasteiger partial charge in [-0.15, -0.1) is 0 Å². The van der Waals surface area contributed by atoms with Crippen LogP contribution in [0.2, 0.25) is 0 Å². The van der Waals surface area contributed by atoms with E-state index in [2.05, 4.69) is 25.3 Å². The molecule has 0 bridgehead atoms. The Morgan fingerprint density at radius 1 is 1.28 bits per heavy atom. The number of aromatic nitrogens is 2. The molecule has 2 aromatic rings. The Kier molecular flexibility index (Phi) is 5.47. The highest BCUT2D eigenvalue weighted by molar-refractivity contribution is 7.89. The van der Waals surface area contributed by atoms with Gasteiger partial charge in [-0.2, -0.15) is 0 Å². The number of nitrogens with one attached hydrogen (secondary N) is 4. The lowest BCUT2D eigenvalue weighted by Gasteiger charge is -2.12. The number of amides is 1. The summed E-state index contributed by atoms with van der Waals surface area (Å²) in [5.74, 6) is 0.321. The van der Waals surface area contributed by atoms with Crippen LogP contribution >= 0.6 is 0 Å². The quantitative estimate of drug-likeness (QED) is 0.567. The molecule has 0 saturated carbocycles. The lowest BCUT2D eigenvalue weighted by atomic mass is 10.2. The molecule has 1 aliphatic heterocycles. The summed E-state index contributed by atoms with van der Waals surface area (Å²) in [7, 11) is -3.66. The SMILES string of the molecule is O=C(NC[C@@H]1CCCN1)c1ccc(S(=O)(=O)NCc2ncc[nH]2)cc1. The third-order valence-electron chi connectivity index (χ3n) is 4.08. The van der Waals surface area contributed by atoms with Gasteiger partial charge in [0.15, 0.2) is 0 Å². The van der Waals surface area contributed by atoms with Crippen LogP contribution in [0.3, 0.4) is 0 Å². The van der Waals surface area contributed by atoms with Crippen LogP contribution in [0.1, 0.15) is 29.0 Å². The van der Waals surface area contributed by atoms with Gasteiger partial charge in [-0.05, 0) is 43.7 Å². The predicted octanol–water partition coefficient (Wildman–Crippen LogP) is 0.370. The van der Waals surface area contributed by atoms with Crippen LogP contribution in [0.5, 0.6) is 0 Å². The number of nitrogens with zero attached hydrogens (tertiary/aromatic N) is 1. The van der Waals surface area contributed by atoms with Crippen molar-refractivity contribution >= 4 is 15.9 Å². The summed E-state index contributed by atoms with van der Waals surface area (Å²) < 4.78 is 27.0. The van der Waals surface area contributed by atoms with Gasteiger partial charge in [-0.3, -0.25) is 4.79 Å². The third kappa shape index (κ3) is 4.65. The van der Waals surface area contributed by atoms with Crippen molar-refractivity contribution in [2.24, 2.45) is 0 Å². The van der Waals surface area contributed by atoms with Gasteiger partial charge in [0.1, 0.15) is 5.82 Å². The summed E-state index contributed by atoms with van der Waals surface area (Å²) in [6, 6.07) is 6.19. The zero-order valence-electron chi connectivity index (χ0n) is 13.7. The average molecular weight is 363 g/mol. The molecule has 0 radical (unpaired) electrons. The zero-order chi connectivity index (χ0) is 17.7. The van der Waals surface area contributed by atoms with Gasteiger partial charge in [0, 0.05) is 30.5 Å². The lowest BCUT2D eigenvalue weighted by Crippen LogP contribution is -2.37. The predicted molar refractivity (Wildman–Crippen MR) is 92.4 cm³/mol. The fourth-order valence-corrected chi connectivity index (χ4v) is 3.66. The molecule has 9 heteroatoms. The standard InChI is InChI=1S/C16H21N5O3S/c22-16(20-10-13-2-1-7-17-13)12-3-5-14(6-4-12)25(23,24)21-11-15-18-8-9-19-15/h3-6,8-9,13,17,21H,1-2,7,10-11H2,(H,18,19)(H,20,22)/t13-/m0/s1. The van der Waals surface area contributed by atoms with Crippen LogP contribution < -0.4 is 15.4 Å². The third-order valence-corrected chi connectivity index (χ3v) is 5.50. The van der Waals surface area contributed by atoms with Gasteiger partial charge in [-0.1, -0.05) is 0 Å². The highest BCUT2D eigenvalue weighted by atomic mass is 32.2. The molecule has 1 saturated heterocycles. The molecule has 1 fully saturated rings. The smallest absolute Gasteiger partial charge is 0.251 e. The monoisotopic (exact) mass is 363 g/mol. The molecule has 134 valence electrons. The molecule has 0 unspecified atom stereocenters. The van der Waals surface area contributed by atoms with Crippen molar-refractivity contribution in [1.82, 2.24) is 25.3 Å². The van der Waals surface area contributed by atoms with Gasteiger partial charge in [0.25, 0.3) is 5.91 Å². The first-order valence-electron chi connectivity index (χ1n) is 8.14. The molecule has 1 aromatic carbocycles. The highest BCUT2D eigenvalue weighted by Crippen LogP contribution is 2.11. The van der Waals surface area contributed by atoms with Crippen molar-refractivity contribution in [2.45, 2.75) is 30.3 Å². The molecular formula is C16H21N5O3S. The molecule has 1 amide bonds. The number of hydrogen-bond acceptors (Lipinski definition) is 5. The second-order valence-corrected chi connectivity index (χ2v) is 7.66. The Labute approximate surface area is 146 Å². The molecule has 25 heavy (non-hydrogen) atoms. The van der Waals surface area contributed by atoms with Crippen LogP contribution in [0, 0.1) is 0 Å². The highest BCUT2D eigenvalue weighted by Gasteiger charge is 2.17. The van der Waals surface area contributed by atoms with Gasteiger partial charge < -0.3 is 15.6 Å². The summed E-state index contributed by atoms with van der Waals surface area (Å²) >= 11 is 0. The molecule has 1 atom stereocenters. The van der Waals surface area contributed by atoms with E-state index in [1.807, 2.05) is 0 Å². The normalized spacial score (nSPS) is 17.5. The molecular weight excluding hydrogens is 342 g/mol. The molecule has 8 nitrogen and oxygen atoms in total. The summed E-state index contributed by atoms with van der Waals surface area (Å²) in [5, 5.41) is 6.17. The van der Waals surface area contributed by atoms with E-state index in [9.17, 15) is 13.2 Å². The fourth-order valence-electron chi connectivity index (χ4n) is 2.68. The number of aromatic amines is 1. The van der Waals surface area contributed by atoms with E-state index >= 15 is 0 Å². The summed E-state index contributed by atoms with van der Waals surface area (Å²) in [4.78, 5) is 19.0. The van der Waals surface area contributed by atoms with E-state index < -0.39 is 10.0 Å². The van der Waals surface area contributed by atoms with Crippen molar-refractivity contribution in [3.05, 3.63) is 48.0 Å². The summed E-state index contributed by atoms with van der Waals surface area (Å²) in [6.45, 7) is 1.63. The number of carbonyl (C=O) groups excluding carboxylic acids is 1. The second kappa shape index (κ2) is 7.77. The Balaban J connectivity index is 1.57. The molecule has 0 aliphatic carbocycles. The maximum absolute atomic E-state index is 12.2. The minimum Gasteiger partial charge on any atom is -0.350 e. The number of rotatable bonds is 7. The number of carbonyl (C=O) groups is 1. The maximum Gasteiger partial charge on any atom is 0.251 e. The number of H-pyrrole nitrogens is 1. The minimum atomic E-state index is -3.66. The first kappa shape index (κ1) is 17.6. The molecule has 3 rings (SSSR count). The first-order chi connectivity index (χ1) is 12.0. The first-order valence-corrected chi connectivity index (χ1v) is 9.62. The summed E-state index contributed by atoms with van der Waals surface area (Å²) in [5.41, 5.74) is 0.433. The zero-order valence-corrected chi connectivity index (χ0v) is 14.5. The Morgan fingerprint density at radius 3 is 2.72 bits per heavy atom. The van der Waals surface area contributed by atoms with E-state index in [1.54, 1.807) is 12.4 Å². The van der Waals surface area contributed by atoms with Crippen molar-refractivity contribution in [3.63, 3.8) is 0 Å². The van der Waals surface area contributed by atoms with Gasteiger partial charge >= 0.3 is 0 Å². The number of imidazole rings is 1. The summed E-state index contributed by atoms with van der Waals surface area (Å²) in [6.07, 6.45) is 5.35. The molecule has 1 aliphatic rings. The number of benzene rings is 1. The van der Waals surface area contributed by atoms with E-state index in [0.717, 1.165) is 19.4 Å². The van der Waals surface area contributed by atoms with Crippen molar-refractivity contribution in [2.75, 3.05) is 13.1 Å². The minimum absolute atomic E-state index is 0.0754. The average Bonchev–Trinajstić information content (AvgIpc) is 3.31. The van der Waals surface area contributed by atoms with Gasteiger partial charge in [0.05, 0.1) is 11.4 Å². The number of sulfonamides is 1.